The molecule has 0 radical (unpaired) electrons. The maximum absolute atomic E-state index is 12.1. The van der Waals surface area contributed by atoms with Gasteiger partial charge in [-0.2, -0.15) is 0 Å². The lowest BCUT2D eigenvalue weighted by atomic mass is 10.1. The number of hydrogen-bond donors (Lipinski definition) is 2. The van der Waals surface area contributed by atoms with Crippen LogP contribution in [0.1, 0.15) is 30.5 Å². The number of carbonyl (C=O) groups excluding carboxylic acids is 1. The van der Waals surface area contributed by atoms with Gasteiger partial charge in [0.2, 0.25) is 0 Å². The number of carboxylic acids is 1. The minimum absolute atomic E-state index is 0.00996. The van der Waals surface area contributed by atoms with Gasteiger partial charge in [0.05, 0.1) is 18.7 Å². The predicted molar refractivity (Wildman–Crippen MR) is 73.2 cm³/mol. The molecule has 1 unspecified atom stereocenters. The van der Waals surface area contributed by atoms with Gasteiger partial charge in [-0.15, -0.1) is 0 Å². The van der Waals surface area contributed by atoms with Gasteiger partial charge in [0, 0.05) is 18.8 Å². The minimum Gasteiger partial charge on any atom is -0.481 e. The quantitative estimate of drug-likeness (QED) is 0.874. The number of rotatable bonds is 4. The highest BCUT2D eigenvalue weighted by atomic mass is 16.4. The Morgan fingerprint density at radius 3 is 3.05 bits per heavy atom. The molecule has 2 amide bonds. The average molecular weight is 277 g/mol. The van der Waals surface area contributed by atoms with E-state index in [1.165, 1.54) is 0 Å². The van der Waals surface area contributed by atoms with E-state index in [2.05, 4.69) is 10.3 Å². The zero-order chi connectivity index (χ0) is 14.5. The highest BCUT2D eigenvalue weighted by Gasteiger charge is 2.30. The van der Waals surface area contributed by atoms with Crippen LogP contribution in [0.15, 0.2) is 18.3 Å². The van der Waals surface area contributed by atoms with Gasteiger partial charge in [0.1, 0.15) is 0 Å². The Bertz CT molecular complexity index is 504. The van der Waals surface area contributed by atoms with E-state index in [4.69, 9.17) is 5.11 Å². The van der Waals surface area contributed by atoms with Gasteiger partial charge < -0.3 is 15.3 Å². The lowest BCUT2D eigenvalue weighted by Gasteiger charge is -2.23. The standard InChI is InChI=1S/C14H19N3O3/c1-10-4-2-6-15-12(10)9-16-14(20)17-7-3-5-11(17)8-13(18)19/h2,4,6,11H,3,5,7-9H2,1H3,(H,16,20)(H,18,19). The number of pyridine rings is 1. The number of nitrogens with zero attached hydrogens (tertiary/aromatic N) is 2. The Morgan fingerprint density at radius 1 is 1.55 bits per heavy atom. The Hall–Kier alpha value is -2.11. The summed E-state index contributed by atoms with van der Waals surface area (Å²) in [4.78, 5) is 28.7. The average Bonchev–Trinajstić information content (AvgIpc) is 2.85. The van der Waals surface area contributed by atoms with Crippen molar-refractivity contribution >= 4 is 12.0 Å². The van der Waals surface area contributed by atoms with E-state index < -0.39 is 5.97 Å². The first kappa shape index (κ1) is 14.3. The number of urea groups is 1. The number of carboxylic acid groups (broad SMARTS) is 1. The third-order valence-electron chi connectivity index (χ3n) is 3.57. The number of aryl methyl sites for hydroxylation is 1. The lowest BCUT2D eigenvalue weighted by molar-refractivity contribution is -0.137. The Kier molecular flexibility index (Phi) is 4.55. The molecule has 0 spiro atoms. The van der Waals surface area contributed by atoms with Gasteiger partial charge in [-0.05, 0) is 31.4 Å². The highest BCUT2D eigenvalue weighted by Crippen LogP contribution is 2.20. The normalized spacial score (nSPS) is 18.1. The Morgan fingerprint density at radius 2 is 2.35 bits per heavy atom. The molecule has 6 heteroatoms. The molecule has 2 rings (SSSR count). The SMILES string of the molecule is Cc1cccnc1CNC(=O)N1CCCC1CC(=O)O. The maximum atomic E-state index is 12.1. The van der Waals surface area contributed by atoms with Crippen molar-refractivity contribution in [3.63, 3.8) is 0 Å². The number of likely N-dealkylation sites (tertiary alicyclic amines) is 1. The number of nitrogens with one attached hydrogen (secondary N) is 1. The smallest absolute Gasteiger partial charge is 0.317 e. The van der Waals surface area contributed by atoms with Crippen LogP contribution < -0.4 is 5.32 Å². The van der Waals surface area contributed by atoms with Crippen LogP contribution in [0.5, 0.6) is 0 Å². The Balaban J connectivity index is 1.91. The summed E-state index contributed by atoms with van der Waals surface area (Å²) in [5, 5.41) is 11.7. The van der Waals surface area contributed by atoms with Gasteiger partial charge in [-0.1, -0.05) is 6.07 Å². The van der Waals surface area contributed by atoms with E-state index in [1.54, 1.807) is 11.1 Å². The zero-order valence-electron chi connectivity index (χ0n) is 11.5. The molecule has 2 N–H and O–H groups in total. The first-order valence-electron chi connectivity index (χ1n) is 6.74. The largest absolute Gasteiger partial charge is 0.481 e. The molecule has 1 fully saturated rings. The van der Waals surface area contributed by atoms with Crippen LogP contribution in [0, 0.1) is 6.92 Å². The second-order valence-electron chi connectivity index (χ2n) is 5.01. The van der Waals surface area contributed by atoms with Gasteiger partial charge in [0.25, 0.3) is 0 Å². The fourth-order valence-electron chi connectivity index (χ4n) is 2.48. The number of aliphatic carboxylic acids is 1. The highest BCUT2D eigenvalue weighted by molar-refractivity contribution is 5.76. The fourth-order valence-corrected chi connectivity index (χ4v) is 2.48. The molecule has 1 aromatic rings. The molecule has 1 aromatic heterocycles. The molecule has 1 atom stereocenters. The van der Waals surface area contributed by atoms with Gasteiger partial charge in [-0.3, -0.25) is 9.78 Å². The summed E-state index contributed by atoms with van der Waals surface area (Å²) in [7, 11) is 0. The van der Waals surface area contributed by atoms with Crippen LogP contribution in [0.4, 0.5) is 4.79 Å². The lowest BCUT2D eigenvalue weighted by Crippen LogP contribution is -2.43. The van der Waals surface area contributed by atoms with E-state index in [9.17, 15) is 9.59 Å². The summed E-state index contributed by atoms with van der Waals surface area (Å²) in [6.45, 7) is 2.92. The van der Waals surface area contributed by atoms with Gasteiger partial charge >= 0.3 is 12.0 Å². The molecule has 20 heavy (non-hydrogen) atoms. The van der Waals surface area contributed by atoms with E-state index in [-0.39, 0.29) is 18.5 Å². The number of carbonyl (C=O) groups is 2. The van der Waals surface area contributed by atoms with Crippen molar-refractivity contribution in [2.24, 2.45) is 0 Å². The summed E-state index contributed by atoms with van der Waals surface area (Å²) in [5.41, 5.74) is 1.85. The van der Waals surface area contributed by atoms with Crippen LogP contribution in [0.2, 0.25) is 0 Å². The van der Waals surface area contributed by atoms with Crippen molar-refractivity contribution in [2.75, 3.05) is 6.54 Å². The molecule has 108 valence electrons. The van der Waals surface area contributed by atoms with E-state index in [1.807, 2.05) is 19.1 Å². The minimum atomic E-state index is -0.865. The molecule has 1 aliphatic rings. The van der Waals surface area contributed by atoms with Gasteiger partial charge in [-0.25, -0.2) is 4.79 Å². The number of aromatic nitrogens is 1. The molecule has 0 saturated carbocycles. The van der Waals surface area contributed by atoms with Crippen LogP contribution in [0.25, 0.3) is 0 Å². The van der Waals surface area contributed by atoms with Crippen molar-refractivity contribution in [1.82, 2.24) is 15.2 Å². The number of hydrogen-bond acceptors (Lipinski definition) is 3. The van der Waals surface area contributed by atoms with E-state index in [0.717, 1.165) is 24.1 Å². The molecule has 1 aliphatic heterocycles. The van der Waals surface area contributed by atoms with Gasteiger partial charge in [0.15, 0.2) is 0 Å². The van der Waals surface area contributed by atoms with Crippen molar-refractivity contribution in [3.05, 3.63) is 29.6 Å². The molecular weight excluding hydrogens is 258 g/mol. The van der Waals surface area contributed by atoms with Crippen molar-refractivity contribution in [2.45, 2.75) is 38.8 Å². The maximum Gasteiger partial charge on any atom is 0.317 e. The van der Waals surface area contributed by atoms with Crippen molar-refractivity contribution < 1.29 is 14.7 Å². The van der Waals surface area contributed by atoms with Crippen LogP contribution in [-0.4, -0.2) is 39.6 Å². The van der Waals surface area contributed by atoms with Crippen LogP contribution in [-0.2, 0) is 11.3 Å². The van der Waals surface area contributed by atoms with E-state index in [0.29, 0.717) is 13.1 Å². The molecule has 6 nitrogen and oxygen atoms in total. The molecule has 1 saturated heterocycles. The molecular formula is C14H19N3O3. The fraction of sp³-hybridized carbons (Fsp3) is 0.500. The summed E-state index contributed by atoms with van der Waals surface area (Å²) in [6, 6.07) is 3.39. The zero-order valence-corrected chi connectivity index (χ0v) is 11.5. The first-order valence-corrected chi connectivity index (χ1v) is 6.74. The van der Waals surface area contributed by atoms with Crippen molar-refractivity contribution in [1.29, 1.82) is 0 Å². The third kappa shape index (κ3) is 3.46. The monoisotopic (exact) mass is 277 g/mol. The molecule has 0 aliphatic carbocycles. The second kappa shape index (κ2) is 6.36. The topological polar surface area (TPSA) is 82.5 Å². The van der Waals surface area contributed by atoms with Crippen molar-refractivity contribution in [3.8, 4) is 0 Å². The summed E-state index contributed by atoms with van der Waals surface area (Å²) >= 11 is 0. The summed E-state index contributed by atoms with van der Waals surface area (Å²) in [5.74, 6) is -0.865. The molecule has 0 aromatic carbocycles. The summed E-state index contributed by atoms with van der Waals surface area (Å²) < 4.78 is 0. The molecule has 2 heterocycles. The number of amides is 2. The second-order valence-corrected chi connectivity index (χ2v) is 5.01. The predicted octanol–water partition coefficient (Wildman–Crippen LogP) is 1.54. The molecule has 0 bridgehead atoms. The Labute approximate surface area is 117 Å². The van der Waals surface area contributed by atoms with Crippen LogP contribution in [0.3, 0.4) is 0 Å². The first-order chi connectivity index (χ1) is 9.58. The van der Waals surface area contributed by atoms with E-state index >= 15 is 0 Å². The third-order valence-corrected chi connectivity index (χ3v) is 3.57. The summed E-state index contributed by atoms with van der Waals surface area (Å²) in [6.07, 6.45) is 3.31. The van der Waals surface area contributed by atoms with Crippen LogP contribution >= 0.6 is 0 Å².